The third kappa shape index (κ3) is 3.84. The topological polar surface area (TPSA) is 80.0 Å². The molecular formula is C27H18FNO5. The van der Waals surface area contributed by atoms with Gasteiger partial charge in [-0.15, -0.1) is 0 Å². The molecule has 7 heteroatoms. The quantitative estimate of drug-likeness (QED) is 0.361. The lowest BCUT2D eigenvalue weighted by molar-refractivity contribution is -0.117. The summed E-state index contributed by atoms with van der Waals surface area (Å²) >= 11 is 0. The number of aliphatic hydroxyl groups is 1. The summed E-state index contributed by atoms with van der Waals surface area (Å²) < 4.78 is 24.7. The zero-order valence-electron chi connectivity index (χ0n) is 17.7. The molecule has 168 valence electrons. The van der Waals surface area contributed by atoms with Crippen LogP contribution in [0, 0.1) is 5.82 Å². The van der Waals surface area contributed by atoms with Crippen LogP contribution >= 0.6 is 0 Å². The molecule has 3 aromatic carbocycles. The van der Waals surface area contributed by atoms with E-state index in [9.17, 15) is 19.1 Å². The minimum atomic E-state index is -0.991. The number of carbonyl (C=O) groups is 2. The zero-order valence-corrected chi connectivity index (χ0v) is 17.7. The molecule has 5 rings (SSSR count). The second-order valence-corrected chi connectivity index (χ2v) is 7.61. The Kier molecular flexibility index (Phi) is 5.43. The number of hydrogen-bond donors (Lipinski definition) is 1. The first kappa shape index (κ1) is 21.2. The molecule has 1 atom stereocenters. The average Bonchev–Trinajstić information content (AvgIpc) is 3.48. The van der Waals surface area contributed by atoms with Gasteiger partial charge in [-0.05, 0) is 66.2 Å². The maximum absolute atomic E-state index is 13.6. The van der Waals surface area contributed by atoms with Crippen LogP contribution in [0.3, 0.4) is 0 Å². The Bertz CT molecular complexity index is 1380. The van der Waals surface area contributed by atoms with Crippen molar-refractivity contribution in [3.05, 3.63) is 126 Å². The van der Waals surface area contributed by atoms with Gasteiger partial charge in [-0.25, -0.2) is 4.39 Å². The van der Waals surface area contributed by atoms with Crippen molar-refractivity contribution >= 4 is 17.4 Å². The van der Waals surface area contributed by atoms with Crippen molar-refractivity contribution in [2.45, 2.75) is 6.04 Å². The van der Waals surface area contributed by atoms with E-state index >= 15 is 0 Å². The van der Waals surface area contributed by atoms with Gasteiger partial charge in [-0.3, -0.25) is 14.5 Å². The van der Waals surface area contributed by atoms with E-state index in [1.165, 1.54) is 41.5 Å². The maximum Gasteiger partial charge on any atom is 0.294 e. The Morgan fingerprint density at radius 2 is 1.65 bits per heavy atom. The van der Waals surface area contributed by atoms with Crippen molar-refractivity contribution < 1.29 is 28.2 Å². The van der Waals surface area contributed by atoms with Crippen LogP contribution in [0.2, 0.25) is 0 Å². The van der Waals surface area contributed by atoms with E-state index in [1.54, 1.807) is 42.5 Å². The molecule has 1 amide bonds. The summed E-state index contributed by atoms with van der Waals surface area (Å²) in [7, 11) is 0. The van der Waals surface area contributed by atoms with Crippen LogP contribution in [0.5, 0.6) is 11.5 Å². The molecule has 0 fully saturated rings. The molecule has 0 spiro atoms. The van der Waals surface area contributed by atoms with Crippen LogP contribution in [0.4, 0.5) is 10.1 Å². The van der Waals surface area contributed by atoms with Crippen molar-refractivity contribution in [3.63, 3.8) is 0 Å². The second kappa shape index (κ2) is 8.71. The molecule has 4 aromatic rings. The molecule has 6 nitrogen and oxygen atoms in total. The number of ketones is 1. The van der Waals surface area contributed by atoms with Gasteiger partial charge >= 0.3 is 0 Å². The highest BCUT2D eigenvalue weighted by Crippen LogP contribution is 2.43. The van der Waals surface area contributed by atoms with Crippen LogP contribution in [0.25, 0.3) is 0 Å². The molecule has 1 aliphatic heterocycles. The molecule has 0 bridgehead atoms. The van der Waals surface area contributed by atoms with Crippen LogP contribution in [-0.4, -0.2) is 16.8 Å². The molecule has 0 aliphatic carbocycles. The van der Waals surface area contributed by atoms with Crippen LogP contribution in [0.15, 0.2) is 113 Å². The number of Topliss-reactive ketones (excluding diaryl/α,β-unsaturated/α-hetero) is 1. The molecule has 1 unspecified atom stereocenters. The highest BCUT2D eigenvalue weighted by Gasteiger charge is 2.45. The van der Waals surface area contributed by atoms with Gasteiger partial charge in [0.1, 0.15) is 17.3 Å². The molecule has 1 N–H and O–H groups in total. The normalized spacial score (nSPS) is 15.6. The summed E-state index contributed by atoms with van der Waals surface area (Å²) in [6.07, 6.45) is 1.34. The summed E-state index contributed by atoms with van der Waals surface area (Å²) in [6, 6.07) is 23.3. The second-order valence-electron chi connectivity index (χ2n) is 7.61. The third-order valence-electron chi connectivity index (χ3n) is 5.46. The number of ether oxygens (including phenoxy) is 1. The van der Waals surface area contributed by atoms with E-state index < -0.39 is 29.3 Å². The molecule has 0 radical (unpaired) electrons. The van der Waals surface area contributed by atoms with Gasteiger partial charge in [0, 0.05) is 5.69 Å². The fourth-order valence-corrected chi connectivity index (χ4v) is 3.93. The van der Waals surface area contributed by atoms with Crippen molar-refractivity contribution in [1.29, 1.82) is 0 Å². The van der Waals surface area contributed by atoms with E-state index in [2.05, 4.69) is 0 Å². The van der Waals surface area contributed by atoms with Gasteiger partial charge in [0.2, 0.25) is 5.78 Å². The highest BCUT2D eigenvalue weighted by molar-refractivity contribution is 6.20. The van der Waals surface area contributed by atoms with Gasteiger partial charge in [0.15, 0.2) is 11.5 Å². The van der Waals surface area contributed by atoms with Crippen molar-refractivity contribution in [2.24, 2.45) is 0 Å². The summed E-state index contributed by atoms with van der Waals surface area (Å²) in [5.74, 6) is -1.49. The fraction of sp³-hybridized carbons (Fsp3) is 0.0370. The lowest BCUT2D eigenvalue weighted by atomic mass is 9.94. The molecule has 1 aliphatic rings. The van der Waals surface area contributed by atoms with E-state index in [-0.39, 0.29) is 11.3 Å². The first-order valence-corrected chi connectivity index (χ1v) is 10.5. The Morgan fingerprint density at radius 1 is 0.912 bits per heavy atom. The average molecular weight is 455 g/mol. The summed E-state index contributed by atoms with van der Waals surface area (Å²) in [6.45, 7) is 0. The summed E-state index contributed by atoms with van der Waals surface area (Å²) in [5.41, 5.74) is 0.700. The van der Waals surface area contributed by atoms with E-state index in [0.717, 1.165) is 0 Å². The number of anilines is 1. The number of carbonyl (C=O) groups excluding carboxylic acids is 2. The van der Waals surface area contributed by atoms with E-state index in [0.29, 0.717) is 22.7 Å². The third-order valence-corrected chi connectivity index (χ3v) is 5.46. The molecule has 2 heterocycles. The Morgan fingerprint density at radius 3 is 2.35 bits per heavy atom. The largest absolute Gasteiger partial charge is 0.503 e. The number of furan rings is 1. The summed E-state index contributed by atoms with van der Waals surface area (Å²) in [5, 5.41) is 10.8. The maximum atomic E-state index is 13.6. The van der Waals surface area contributed by atoms with E-state index in [1.807, 2.05) is 18.2 Å². The van der Waals surface area contributed by atoms with E-state index in [4.69, 9.17) is 9.15 Å². The number of halogens is 1. The Balaban J connectivity index is 1.61. The molecule has 34 heavy (non-hydrogen) atoms. The van der Waals surface area contributed by atoms with Gasteiger partial charge in [-0.1, -0.05) is 30.3 Å². The minimum Gasteiger partial charge on any atom is -0.503 e. The van der Waals surface area contributed by atoms with Gasteiger partial charge in [0.25, 0.3) is 5.91 Å². The number of para-hydroxylation sites is 1. The Labute approximate surface area is 194 Å². The summed E-state index contributed by atoms with van der Waals surface area (Å²) in [4.78, 5) is 27.7. The molecule has 1 aromatic heterocycles. The fourth-order valence-electron chi connectivity index (χ4n) is 3.93. The number of aliphatic hydroxyl groups excluding tert-OH is 1. The predicted octanol–water partition coefficient (Wildman–Crippen LogP) is 5.99. The molecule has 0 saturated carbocycles. The van der Waals surface area contributed by atoms with Gasteiger partial charge < -0.3 is 14.3 Å². The first-order chi connectivity index (χ1) is 16.5. The van der Waals surface area contributed by atoms with Crippen LogP contribution in [-0.2, 0) is 4.79 Å². The Hall–Kier alpha value is -4.65. The standard InChI is InChI=1S/C27H18FNO5/c28-18-11-13-19(14-12-18)29-24(23(26(31)27(29)32)25(30)22-10-5-15-33-22)17-6-4-9-21(16-17)34-20-7-2-1-3-8-20/h1-16,24,31H. The highest BCUT2D eigenvalue weighted by atomic mass is 19.1. The number of hydrogen-bond acceptors (Lipinski definition) is 5. The number of rotatable bonds is 6. The predicted molar refractivity (Wildman–Crippen MR) is 122 cm³/mol. The molecular weight excluding hydrogens is 437 g/mol. The lowest BCUT2D eigenvalue weighted by Crippen LogP contribution is -2.31. The number of benzene rings is 3. The van der Waals surface area contributed by atoms with Gasteiger partial charge in [-0.2, -0.15) is 0 Å². The monoisotopic (exact) mass is 455 g/mol. The van der Waals surface area contributed by atoms with Crippen molar-refractivity contribution in [3.8, 4) is 11.5 Å². The van der Waals surface area contributed by atoms with Crippen molar-refractivity contribution in [1.82, 2.24) is 0 Å². The number of nitrogens with zero attached hydrogens (tertiary/aromatic N) is 1. The van der Waals surface area contributed by atoms with Gasteiger partial charge in [0.05, 0.1) is 17.9 Å². The SMILES string of the molecule is O=C(C1=C(O)C(=O)N(c2ccc(F)cc2)C1c1cccc(Oc2ccccc2)c1)c1ccco1. The van der Waals surface area contributed by atoms with Crippen LogP contribution in [0.1, 0.15) is 22.2 Å². The van der Waals surface area contributed by atoms with Crippen molar-refractivity contribution in [2.75, 3.05) is 4.90 Å². The first-order valence-electron chi connectivity index (χ1n) is 10.5. The minimum absolute atomic E-state index is 0.0167. The number of amides is 1. The smallest absolute Gasteiger partial charge is 0.294 e. The lowest BCUT2D eigenvalue weighted by Gasteiger charge is -2.27. The zero-order chi connectivity index (χ0) is 23.7. The molecule has 0 saturated heterocycles. The van der Waals surface area contributed by atoms with Crippen LogP contribution < -0.4 is 9.64 Å².